The molecule has 1 aliphatic rings. The molecule has 0 amide bonds. The van der Waals surface area contributed by atoms with Crippen LogP contribution in [-0.4, -0.2) is 34.7 Å². The summed E-state index contributed by atoms with van der Waals surface area (Å²) in [6.07, 6.45) is 0. The van der Waals surface area contributed by atoms with E-state index in [1.54, 1.807) is 30.3 Å². The molecule has 1 fully saturated rings. The van der Waals surface area contributed by atoms with E-state index in [1.807, 2.05) is 12.1 Å². The molecule has 1 aliphatic heterocycles. The first-order valence-electron chi connectivity index (χ1n) is 7.08. The highest BCUT2D eigenvalue weighted by Gasteiger charge is 2.21. The molecule has 22 heavy (non-hydrogen) atoms. The second-order valence-corrected chi connectivity index (χ2v) is 6.46. The molecular weight excluding hydrogens is 302 g/mol. The number of para-hydroxylation sites is 2. The van der Waals surface area contributed by atoms with Crippen LogP contribution in [0.3, 0.4) is 0 Å². The van der Waals surface area contributed by atoms with Crippen molar-refractivity contribution in [3.63, 3.8) is 0 Å². The fourth-order valence-corrected chi connectivity index (χ4v) is 3.31. The van der Waals surface area contributed by atoms with E-state index in [9.17, 15) is 8.42 Å². The SMILES string of the molecule is O=S(=O)(Oc1ccccc1N1CCOCC1)c1ccccc1. The minimum atomic E-state index is -3.83. The summed E-state index contributed by atoms with van der Waals surface area (Å²) in [5.74, 6) is 0.341. The summed E-state index contributed by atoms with van der Waals surface area (Å²) in [5.41, 5.74) is 0.769. The Labute approximate surface area is 130 Å². The van der Waals surface area contributed by atoms with Crippen LogP contribution in [0.15, 0.2) is 59.5 Å². The lowest BCUT2D eigenvalue weighted by Gasteiger charge is -2.30. The standard InChI is InChI=1S/C16H17NO4S/c18-22(19,14-6-2-1-3-7-14)21-16-9-5-4-8-15(16)17-10-12-20-13-11-17/h1-9H,10-13H2. The predicted molar refractivity (Wildman–Crippen MR) is 83.7 cm³/mol. The number of anilines is 1. The van der Waals surface area contributed by atoms with Gasteiger partial charge in [-0.2, -0.15) is 8.42 Å². The van der Waals surface area contributed by atoms with Crippen LogP contribution in [0.1, 0.15) is 0 Å². The molecule has 1 heterocycles. The molecule has 0 unspecified atom stereocenters. The number of hydrogen-bond donors (Lipinski definition) is 0. The molecule has 2 aromatic rings. The lowest BCUT2D eigenvalue weighted by molar-refractivity contribution is 0.122. The quantitative estimate of drug-likeness (QED) is 0.809. The van der Waals surface area contributed by atoms with Gasteiger partial charge >= 0.3 is 10.1 Å². The first-order valence-corrected chi connectivity index (χ1v) is 8.49. The molecule has 0 aliphatic carbocycles. The van der Waals surface area contributed by atoms with Crippen LogP contribution in [0, 0.1) is 0 Å². The zero-order chi connectivity index (χ0) is 15.4. The van der Waals surface area contributed by atoms with Gasteiger partial charge in [-0.3, -0.25) is 0 Å². The van der Waals surface area contributed by atoms with E-state index in [4.69, 9.17) is 8.92 Å². The number of rotatable bonds is 4. The second-order valence-electron chi connectivity index (χ2n) is 4.92. The van der Waals surface area contributed by atoms with Gasteiger partial charge in [0.25, 0.3) is 0 Å². The van der Waals surface area contributed by atoms with Crippen LogP contribution >= 0.6 is 0 Å². The van der Waals surface area contributed by atoms with Crippen LogP contribution in [0.25, 0.3) is 0 Å². The van der Waals surface area contributed by atoms with Crippen LogP contribution in [0.4, 0.5) is 5.69 Å². The normalized spacial score (nSPS) is 15.5. The Bertz CT molecular complexity index is 725. The number of ether oxygens (including phenoxy) is 1. The van der Waals surface area contributed by atoms with Crippen LogP contribution in [-0.2, 0) is 14.9 Å². The highest BCUT2D eigenvalue weighted by Crippen LogP contribution is 2.31. The fourth-order valence-electron chi connectivity index (χ4n) is 2.35. The molecule has 1 saturated heterocycles. The van der Waals surface area contributed by atoms with E-state index >= 15 is 0 Å². The molecule has 0 saturated carbocycles. The summed E-state index contributed by atoms with van der Waals surface area (Å²) in [7, 11) is -3.83. The molecule has 0 atom stereocenters. The Hall–Kier alpha value is -2.05. The monoisotopic (exact) mass is 319 g/mol. The summed E-state index contributed by atoms with van der Waals surface area (Å²) >= 11 is 0. The fraction of sp³-hybridized carbons (Fsp3) is 0.250. The van der Waals surface area contributed by atoms with Crippen LogP contribution < -0.4 is 9.08 Å². The van der Waals surface area contributed by atoms with E-state index in [0.717, 1.165) is 5.69 Å². The highest BCUT2D eigenvalue weighted by atomic mass is 32.2. The lowest BCUT2D eigenvalue weighted by atomic mass is 10.2. The van der Waals surface area contributed by atoms with Crippen molar-refractivity contribution in [3.8, 4) is 5.75 Å². The third kappa shape index (κ3) is 3.23. The summed E-state index contributed by atoms with van der Waals surface area (Å²) in [6.45, 7) is 2.68. The Morgan fingerprint density at radius 2 is 1.55 bits per heavy atom. The van der Waals surface area contributed by atoms with Crippen molar-refractivity contribution in [2.75, 3.05) is 31.2 Å². The van der Waals surface area contributed by atoms with E-state index in [0.29, 0.717) is 32.1 Å². The Morgan fingerprint density at radius 3 is 2.27 bits per heavy atom. The third-order valence-electron chi connectivity index (χ3n) is 3.45. The molecule has 0 bridgehead atoms. The molecule has 0 aromatic heterocycles. The molecule has 6 heteroatoms. The number of nitrogens with zero attached hydrogens (tertiary/aromatic N) is 1. The average molecular weight is 319 g/mol. The molecule has 5 nitrogen and oxygen atoms in total. The third-order valence-corrected chi connectivity index (χ3v) is 4.70. The van der Waals surface area contributed by atoms with Crippen molar-refractivity contribution in [1.82, 2.24) is 0 Å². The number of hydrogen-bond acceptors (Lipinski definition) is 5. The average Bonchev–Trinajstić information content (AvgIpc) is 2.57. The van der Waals surface area contributed by atoms with E-state index in [-0.39, 0.29) is 4.90 Å². The predicted octanol–water partition coefficient (Wildman–Crippen LogP) is 2.29. The van der Waals surface area contributed by atoms with Crippen molar-refractivity contribution in [2.24, 2.45) is 0 Å². The first-order chi connectivity index (χ1) is 10.7. The summed E-state index contributed by atoms with van der Waals surface area (Å²) in [5, 5.41) is 0. The highest BCUT2D eigenvalue weighted by molar-refractivity contribution is 7.87. The zero-order valence-corrected chi connectivity index (χ0v) is 12.8. The molecule has 0 spiro atoms. The van der Waals surface area contributed by atoms with E-state index < -0.39 is 10.1 Å². The smallest absolute Gasteiger partial charge is 0.339 e. The second kappa shape index (κ2) is 6.37. The largest absolute Gasteiger partial charge is 0.378 e. The van der Waals surface area contributed by atoms with Gasteiger partial charge in [-0.15, -0.1) is 0 Å². The summed E-state index contributed by atoms with van der Waals surface area (Å²) in [4.78, 5) is 2.21. The van der Waals surface area contributed by atoms with E-state index in [1.165, 1.54) is 12.1 Å². The van der Waals surface area contributed by atoms with Gasteiger partial charge < -0.3 is 13.8 Å². The van der Waals surface area contributed by atoms with Crippen molar-refractivity contribution in [1.29, 1.82) is 0 Å². The van der Waals surface area contributed by atoms with Gasteiger partial charge in [0.05, 0.1) is 18.9 Å². The van der Waals surface area contributed by atoms with Crippen molar-refractivity contribution in [2.45, 2.75) is 4.90 Å². The lowest BCUT2D eigenvalue weighted by Crippen LogP contribution is -2.36. The molecule has 3 rings (SSSR count). The van der Waals surface area contributed by atoms with Gasteiger partial charge in [0.15, 0.2) is 5.75 Å². The van der Waals surface area contributed by atoms with Gasteiger partial charge in [0, 0.05) is 13.1 Å². The molecule has 0 N–H and O–H groups in total. The minimum absolute atomic E-state index is 0.145. The molecule has 2 aromatic carbocycles. The molecule has 0 radical (unpaired) electrons. The van der Waals surface area contributed by atoms with Gasteiger partial charge in [0.2, 0.25) is 0 Å². The zero-order valence-electron chi connectivity index (χ0n) is 12.0. The topological polar surface area (TPSA) is 55.8 Å². The van der Waals surface area contributed by atoms with Crippen LogP contribution in [0.5, 0.6) is 5.75 Å². The first kappa shape index (κ1) is 14.9. The number of benzene rings is 2. The van der Waals surface area contributed by atoms with Crippen molar-refractivity contribution in [3.05, 3.63) is 54.6 Å². The number of morpholine rings is 1. The Balaban J connectivity index is 1.89. The van der Waals surface area contributed by atoms with Crippen molar-refractivity contribution < 1.29 is 17.3 Å². The summed E-state index contributed by atoms with van der Waals surface area (Å²) in [6, 6.07) is 15.3. The van der Waals surface area contributed by atoms with Crippen LogP contribution in [0.2, 0.25) is 0 Å². The minimum Gasteiger partial charge on any atom is -0.378 e. The summed E-state index contributed by atoms with van der Waals surface area (Å²) < 4.78 is 35.4. The van der Waals surface area contributed by atoms with Crippen molar-refractivity contribution >= 4 is 15.8 Å². The van der Waals surface area contributed by atoms with Gasteiger partial charge in [0.1, 0.15) is 4.90 Å². The molecular formula is C16H17NO4S. The molecule has 116 valence electrons. The maximum absolute atomic E-state index is 12.4. The maximum Gasteiger partial charge on any atom is 0.339 e. The maximum atomic E-state index is 12.4. The van der Waals surface area contributed by atoms with Gasteiger partial charge in [-0.25, -0.2) is 0 Å². The van der Waals surface area contributed by atoms with Gasteiger partial charge in [-0.1, -0.05) is 30.3 Å². The Morgan fingerprint density at radius 1 is 0.909 bits per heavy atom. The van der Waals surface area contributed by atoms with E-state index in [2.05, 4.69) is 4.90 Å². The Kier molecular flexibility index (Phi) is 4.31. The van der Waals surface area contributed by atoms with Gasteiger partial charge in [-0.05, 0) is 24.3 Å².